The highest BCUT2D eigenvalue weighted by atomic mass is 19.4. The molecule has 3 rings (SSSR count). The topological polar surface area (TPSA) is 45.2 Å². The van der Waals surface area contributed by atoms with Gasteiger partial charge in [-0.3, -0.25) is 0 Å². The zero-order valence-electron chi connectivity index (χ0n) is 16.1. The fraction of sp³-hybridized carbons (Fsp3) is 0.364. The Morgan fingerprint density at radius 2 is 1.71 bits per heavy atom. The Labute approximate surface area is 162 Å². The van der Waals surface area contributed by atoms with E-state index in [0.29, 0.717) is 17.0 Å². The predicted octanol–water partition coefficient (Wildman–Crippen LogP) is 5.38. The van der Waals surface area contributed by atoms with Gasteiger partial charge in [-0.2, -0.15) is 13.2 Å². The second kappa shape index (κ2) is 7.17. The number of aromatic nitrogens is 1. The van der Waals surface area contributed by atoms with Crippen molar-refractivity contribution in [1.29, 1.82) is 0 Å². The Balaban J connectivity index is 1.94. The van der Waals surface area contributed by atoms with Crippen LogP contribution in [0.1, 0.15) is 31.5 Å². The molecule has 1 aromatic heterocycles. The summed E-state index contributed by atoms with van der Waals surface area (Å²) >= 11 is 0. The van der Waals surface area contributed by atoms with Crippen molar-refractivity contribution in [3.8, 4) is 5.75 Å². The molecule has 2 N–H and O–H groups in total. The number of H-pyrrole nitrogens is 1. The summed E-state index contributed by atoms with van der Waals surface area (Å²) < 4.78 is 47.0. The molecule has 0 radical (unpaired) electrons. The number of aromatic amines is 1. The van der Waals surface area contributed by atoms with Crippen LogP contribution in [-0.2, 0) is 11.8 Å². The summed E-state index contributed by atoms with van der Waals surface area (Å²) in [5, 5.41) is 11.6. The van der Waals surface area contributed by atoms with Gasteiger partial charge in [-0.05, 0) is 47.1 Å². The monoisotopic (exact) mass is 391 g/mol. The quantitative estimate of drug-likeness (QED) is 0.593. The maximum absolute atomic E-state index is 13.9. The van der Waals surface area contributed by atoms with Crippen molar-refractivity contribution >= 4 is 10.9 Å². The molecule has 0 bridgehead atoms. The van der Waals surface area contributed by atoms with E-state index in [-0.39, 0.29) is 0 Å². The minimum absolute atomic E-state index is 0.350. The Bertz CT molecular complexity index is 929. The number of alkyl halides is 3. The van der Waals surface area contributed by atoms with E-state index in [0.717, 1.165) is 10.9 Å². The molecule has 0 fully saturated rings. The summed E-state index contributed by atoms with van der Waals surface area (Å²) in [6.45, 7) is 3.40. The van der Waals surface area contributed by atoms with Gasteiger partial charge in [-0.1, -0.05) is 44.2 Å². The third-order valence-electron chi connectivity index (χ3n) is 5.18. The number of ether oxygens (including phenoxy) is 1. The molecule has 2 aromatic carbocycles. The van der Waals surface area contributed by atoms with Gasteiger partial charge in [0.15, 0.2) is 5.60 Å². The Morgan fingerprint density at radius 3 is 2.36 bits per heavy atom. The van der Waals surface area contributed by atoms with Crippen LogP contribution in [0, 0.1) is 0 Å². The van der Waals surface area contributed by atoms with Crippen LogP contribution in [0.15, 0.2) is 54.6 Å². The maximum atomic E-state index is 13.9. The molecular formula is C22H24F3NO2. The molecule has 0 saturated heterocycles. The molecular weight excluding hydrogens is 367 g/mol. The molecule has 0 spiro atoms. The minimum atomic E-state index is -4.78. The molecule has 1 atom stereocenters. The van der Waals surface area contributed by atoms with E-state index in [9.17, 15) is 18.3 Å². The first-order valence-electron chi connectivity index (χ1n) is 9.04. The number of aliphatic hydroxyl groups is 1. The molecule has 0 saturated carbocycles. The lowest BCUT2D eigenvalue weighted by Crippen LogP contribution is -2.50. The van der Waals surface area contributed by atoms with Crippen LogP contribution in [0.5, 0.6) is 5.75 Å². The maximum Gasteiger partial charge on any atom is 0.417 e. The first-order chi connectivity index (χ1) is 13.0. The zero-order chi connectivity index (χ0) is 20.6. The minimum Gasteiger partial charge on any atom is -0.497 e. The zero-order valence-corrected chi connectivity index (χ0v) is 16.1. The number of nitrogens with one attached hydrogen (secondary N) is 1. The van der Waals surface area contributed by atoms with E-state index in [4.69, 9.17) is 4.74 Å². The molecule has 3 aromatic rings. The molecule has 0 aliphatic heterocycles. The van der Waals surface area contributed by atoms with Crippen molar-refractivity contribution in [3.05, 3.63) is 65.9 Å². The van der Waals surface area contributed by atoms with Crippen molar-refractivity contribution in [2.75, 3.05) is 7.11 Å². The molecule has 3 nitrogen and oxygen atoms in total. The van der Waals surface area contributed by atoms with E-state index in [1.807, 2.05) is 18.2 Å². The second-order valence-corrected chi connectivity index (χ2v) is 7.88. The smallest absolute Gasteiger partial charge is 0.417 e. The van der Waals surface area contributed by atoms with Gasteiger partial charge < -0.3 is 14.8 Å². The van der Waals surface area contributed by atoms with Crippen LogP contribution >= 0.6 is 0 Å². The lowest BCUT2D eigenvalue weighted by molar-refractivity contribution is -0.266. The van der Waals surface area contributed by atoms with Gasteiger partial charge in [0.2, 0.25) is 0 Å². The van der Waals surface area contributed by atoms with Crippen LogP contribution in [0.25, 0.3) is 10.9 Å². The largest absolute Gasteiger partial charge is 0.497 e. The number of benzene rings is 2. The van der Waals surface area contributed by atoms with Crippen molar-refractivity contribution in [2.45, 2.75) is 43.9 Å². The van der Waals surface area contributed by atoms with E-state index in [1.54, 1.807) is 50.2 Å². The van der Waals surface area contributed by atoms with Gasteiger partial charge in [0.05, 0.1) is 7.11 Å². The number of rotatable bonds is 6. The number of fused-ring (bicyclic) bond motifs is 1. The van der Waals surface area contributed by atoms with Crippen molar-refractivity contribution < 1.29 is 23.0 Å². The Hall–Kier alpha value is -2.47. The average molecular weight is 391 g/mol. The van der Waals surface area contributed by atoms with E-state index < -0.39 is 30.0 Å². The number of hydrogen-bond acceptors (Lipinski definition) is 2. The summed E-state index contributed by atoms with van der Waals surface area (Å²) in [5.74, 6) is 0.566. The third kappa shape index (κ3) is 4.02. The van der Waals surface area contributed by atoms with E-state index >= 15 is 0 Å². The third-order valence-corrected chi connectivity index (χ3v) is 5.18. The van der Waals surface area contributed by atoms with E-state index in [1.165, 1.54) is 7.11 Å². The highest BCUT2D eigenvalue weighted by Gasteiger charge is 2.56. The van der Waals surface area contributed by atoms with Crippen LogP contribution in [0.2, 0.25) is 0 Å². The van der Waals surface area contributed by atoms with Gasteiger partial charge in [-0.25, -0.2) is 0 Å². The molecule has 0 aliphatic carbocycles. The normalized spacial score (nSPS) is 14.8. The number of halogens is 3. The van der Waals surface area contributed by atoms with Gasteiger partial charge in [-0.15, -0.1) is 0 Å². The lowest BCUT2D eigenvalue weighted by atomic mass is 9.73. The first kappa shape index (κ1) is 20.3. The summed E-state index contributed by atoms with van der Waals surface area (Å²) in [7, 11) is 1.51. The second-order valence-electron chi connectivity index (χ2n) is 7.88. The molecule has 6 heteroatoms. The standard InChI is InChI=1S/C22H24F3NO2/c1-20(2,16-8-6-9-18(12-16)28-3)14-21(27,22(23,24)25)13-17-11-15-7-4-5-10-19(15)26-17/h4-12,26-27H,13-14H2,1-3H3. The van der Waals surface area contributed by atoms with Gasteiger partial charge in [0.1, 0.15) is 5.75 Å². The summed E-state index contributed by atoms with van der Waals surface area (Å²) in [5.41, 5.74) is -2.03. The highest BCUT2D eigenvalue weighted by Crippen LogP contribution is 2.43. The van der Waals surface area contributed by atoms with Crippen molar-refractivity contribution in [3.63, 3.8) is 0 Å². The molecule has 0 aliphatic rings. The van der Waals surface area contributed by atoms with Crippen molar-refractivity contribution in [2.24, 2.45) is 0 Å². The molecule has 0 amide bonds. The molecule has 1 unspecified atom stereocenters. The summed E-state index contributed by atoms with van der Waals surface area (Å²) in [6.07, 6.45) is -5.80. The van der Waals surface area contributed by atoms with Gasteiger partial charge in [0.25, 0.3) is 0 Å². The first-order valence-corrected chi connectivity index (χ1v) is 9.04. The fourth-order valence-corrected chi connectivity index (χ4v) is 3.68. The van der Waals surface area contributed by atoms with Gasteiger partial charge >= 0.3 is 6.18 Å². The van der Waals surface area contributed by atoms with Crippen LogP contribution in [0.3, 0.4) is 0 Å². The van der Waals surface area contributed by atoms with Crippen LogP contribution in [0.4, 0.5) is 13.2 Å². The lowest BCUT2D eigenvalue weighted by Gasteiger charge is -2.38. The summed E-state index contributed by atoms with van der Waals surface area (Å²) in [6, 6.07) is 15.8. The van der Waals surface area contributed by atoms with Crippen molar-refractivity contribution in [1.82, 2.24) is 4.98 Å². The molecule has 150 valence electrons. The fourth-order valence-electron chi connectivity index (χ4n) is 3.68. The van der Waals surface area contributed by atoms with Gasteiger partial charge in [0, 0.05) is 17.6 Å². The van der Waals surface area contributed by atoms with E-state index in [2.05, 4.69) is 4.98 Å². The number of para-hydroxylation sites is 1. The van der Waals surface area contributed by atoms with Crippen LogP contribution in [-0.4, -0.2) is 29.0 Å². The Morgan fingerprint density at radius 1 is 1.00 bits per heavy atom. The SMILES string of the molecule is COc1cccc(C(C)(C)CC(O)(Cc2cc3ccccc3[nH]2)C(F)(F)F)c1. The van der Waals surface area contributed by atoms with Crippen LogP contribution < -0.4 is 4.74 Å². The Kier molecular flexibility index (Phi) is 5.19. The highest BCUT2D eigenvalue weighted by molar-refractivity contribution is 5.80. The average Bonchev–Trinajstić information content (AvgIpc) is 3.02. The molecule has 28 heavy (non-hydrogen) atoms. The predicted molar refractivity (Wildman–Crippen MR) is 104 cm³/mol. The number of hydrogen-bond donors (Lipinski definition) is 2. The molecule has 1 heterocycles. The number of methoxy groups -OCH3 is 1. The summed E-state index contributed by atoms with van der Waals surface area (Å²) in [4.78, 5) is 2.99.